The molecule has 0 saturated heterocycles. The van der Waals surface area contributed by atoms with Gasteiger partial charge in [0, 0.05) is 30.8 Å². The SMILES string of the molecule is O=C(CCC(=O)c1ncccn1)c1ccc2c(c1)OCCO2. The lowest BCUT2D eigenvalue weighted by Crippen LogP contribution is -2.16. The molecular weight excluding hydrogens is 284 g/mol. The zero-order valence-corrected chi connectivity index (χ0v) is 11.8. The maximum Gasteiger partial charge on any atom is 0.200 e. The van der Waals surface area contributed by atoms with E-state index in [9.17, 15) is 9.59 Å². The van der Waals surface area contributed by atoms with E-state index in [0.717, 1.165) is 0 Å². The average molecular weight is 298 g/mol. The van der Waals surface area contributed by atoms with Crippen molar-refractivity contribution < 1.29 is 19.1 Å². The first-order chi connectivity index (χ1) is 10.7. The summed E-state index contributed by atoms with van der Waals surface area (Å²) in [6.07, 6.45) is 3.19. The number of hydrogen-bond donors (Lipinski definition) is 0. The molecule has 0 amide bonds. The molecule has 1 aliphatic rings. The van der Waals surface area contributed by atoms with E-state index in [0.29, 0.717) is 30.3 Å². The summed E-state index contributed by atoms with van der Waals surface area (Å²) in [7, 11) is 0. The Balaban J connectivity index is 1.64. The van der Waals surface area contributed by atoms with E-state index in [1.807, 2.05) is 0 Å². The summed E-state index contributed by atoms with van der Waals surface area (Å²) < 4.78 is 10.9. The average Bonchev–Trinajstić information content (AvgIpc) is 2.59. The Morgan fingerprint density at radius 1 is 0.955 bits per heavy atom. The highest BCUT2D eigenvalue weighted by atomic mass is 16.6. The summed E-state index contributed by atoms with van der Waals surface area (Å²) in [5.41, 5.74) is 0.506. The molecule has 6 nitrogen and oxygen atoms in total. The normalized spacial score (nSPS) is 12.7. The molecule has 6 heteroatoms. The first kappa shape index (κ1) is 14.2. The van der Waals surface area contributed by atoms with E-state index in [2.05, 4.69) is 9.97 Å². The van der Waals surface area contributed by atoms with E-state index in [1.54, 1.807) is 24.3 Å². The second-order valence-corrected chi connectivity index (χ2v) is 4.78. The van der Waals surface area contributed by atoms with Gasteiger partial charge in [-0.2, -0.15) is 0 Å². The molecule has 22 heavy (non-hydrogen) atoms. The van der Waals surface area contributed by atoms with Crippen LogP contribution in [0.15, 0.2) is 36.7 Å². The summed E-state index contributed by atoms with van der Waals surface area (Å²) in [6, 6.07) is 6.68. The quantitative estimate of drug-likeness (QED) is 0.786. The molecule has 0 bridgehead atoms. The zero-order chi connectivity index (χ0) is 15.4. The molecule has 1 aromatic carbocycles. The molecule has 3 rings (SSSR count). The topological polar surface area (TPSA) is 78.4 Å². The van der Waals surface area contributed by atoms with Crippen LogP contribution in [0.2, 0.25) is 0 Å². The highest BCUT2D eigenvalue weighted by Crippen LogP contribution is 2.31. The van der Waals surface area contributed by atoms with Gasteiger partial charge in [-0.3, -0.25) is 9.59 Å². The second-order valence-electron chi connectivity index (χ2n) is 4.78. The van der Waals surface area contributed by atoms with Gasteiger partial charge in [0.25, 0.3) is 0 Å². The van der Waals surface area contributed by atoms with Gasteiger partial charge in [-0.1, -0.05) is 0 Å². The number of Topliss-reactive ketones (excluding diaryl/α,β-unsaturated/α-hetero) is 2. The highest BCUT2D eigenvalue weighted by Gasteiger charge is 2.16. The van der Waals surface area contributed by atoms with Crippen LogP contribution in [0, 0.1) is 0 Å². The van der Waals surface area contributed by atoms with Crippen molar-refractivity contribution in [2.45, 2.75) is 12.8 Å². The Morgan fingerprint density at radius 3 is 2.41 bits per heavy atom. The van der Waals surface area contributed by atoms with Crippen molar-refractivity contribution in [2.24, 2.45) is 0 Å². The molecule has 0 saturated carbocycles. The van der Waals surface area contributed by atoms with Crippen LogP contribution in [-0.2, 0) is 0 Å². The number of aromatic nitrogens is 2. The van der Waals surface area contributed by atoms with Gasteiger partial charge in [0.1, 0.15) is 13.2 Å². The number of ketones is 2. The molecule has 2 heterocycles. The van der Waals surface area contributed by atoms with E-state index in [1.165, 1.54) is 12.4 Å². The fraction of sp³-hybridized carbons (Fsp3) is 0.250. The zero-order valence-electron chi connectivity index (χ0n) is 11.8. The van der Waals surface area contributed by atoms with E-state index in [-0.39, 0.29) is 30.2 Å². The number of hydrogen-bond acceptors (Lipinski definition) is 6. The van der Waals surface area contributed by atoms with Gasteiger partial charge in [0.05, 0.1) is 0 Å². The number of rotatable bonds is 5. The van der Waals surface area contributed by atoms with Crippen LogP contribution in [0.3, 0.4) is 0 Å². The van der Waals surface area contributed by atoms with Crippen LogP contribution < -0.4 is 9.47 Å². The third kappa shape index (κ3) is 3.11. The predicted molar refractivity (Wildman–Crippen MR) is 77.4 cm³/mol. The fourth-order valence-electron chi connectivity index (χ4n) is 2.14. The molecule has 0 N–H and O–H groups in total. The van der Waals surface area contributed by atoms with Crippen molar-refractivity contribution >= 4 is 11.6 Å². The summed E-state index contributed by atoms with van der Waals surface area (Å²) in [5.74, 6) is 0.969. The summed E-state index contributed by atoms with van der Waals surface area (Å²) in [4.78, 5) is 31.8. The van der Waals surface area contributed by atoms with Crippen LogP contribution in [0.1, 0.15) is 33.8 Å². The molecule has 0 fully saturated rings. The van der Waals surface area contributed by atoms with Crippen molar-refractivity contribution in [1.29, 1.82) is 0 Å². The molecule has 112 valence electrons. The molecule has 0 aliphatic carbocycles. The molecule has 2 aromatic rings. The lowest BCUT2D eigenvalue weighted by atomic mass is 10.0. The summed E-state index contributed by atoms with van der Waals surface area (Å²) in [5, 5.41) is 0. The minimum absolute atomic E-state index is 0.0806. The Labute approximate surface area is 127 Å². The number of fused-ring (bicyclic) bond motifs is 1. The largest absolute Gasteiger partial charge is 0.486 e. The van der Waals surface area contributed by atoms with Gasteiger partial charge >= 0.3 is 0 Å². The van der Waals surface area contributed by atoms with Crippen molar-refractivity contribution in [3.63, 3.8) is 0 Å². The van der Waals surface area contributed by atoms with E-state index in [4.69, 9.17) is 9.47 Å². The van der Waals surface area contributed by atoms with Gasteiger partial charge in [-0.25, -0.2) is 9.97 Å². The van der Waals surface area contributed by atoms with Crippen LogP contribution >= 0.6 is 0 Å². The molecule has 0 radical (unpaired) electrons. The van der Waals surface area contributed by atoms with Crippen molar-refractivity contribution in [2.75, 3.05) is 13.2 Å². The van der Waals surface area contributed by atoms with Gasteiger partial charge < -0.3 is 9.47 Å². The first-order valence-corrected chi connectivity index (χ1v) is 6.97. The molecule has 1 aromatic heterocycles. The Kier molecular flexibility index (Phi) is 4.09. The molecule has 0 unspecified atom stereocenters. The van der Waals surface area contributed by atoms with Crippen LogP contribution in [-0.4, -0.2) is 34.7 Å². The molecule has 0 spiro atoms. The van der Waals surface area contributed by atoms with E-state index < -0.39 is 0 Å². The number of carbonyl (C=O) groups is 2. The third-order valence-electron chi connectivity index (χ3n) is 3.26. The van der Waals surface area contributed by atoms with Gasteiger partial charge in [0.15, 0.2) is 28.9 Å². The Bertz CT molecular complexity index is 701. The van der Waals surface area contributed by atoms with Crippen LogP contribution in [0.4, 0.5) is 0 Å². The minimum atomic E-state index is -0.244. The maximum atomic E-state index is 12.2. The molecule has 0 atom stereocenters. The Morgan fingerprint density at radius 2 is 1.64 bits per heavy atom. The summed E-state index contributed by atoms with van der Waals surface area (Å²) >= 11 is 0. The predicted octanol–water partition coefficient (Wildman–Crippen LogP) is 2.09. The first-order valence-electron chi connectivity index (χ1n) is 6.97. The fourth-order valence-corrected chi connectivity index (χ4v) is 2.14. The maximum absolute atomic E-state index is 12.2. The standard InChI is InChI=1S/C16H14N2O4/c19-12(3-4-13(20)16-17-6-1-7-18-16)11-2-5-14-15(10-11)22-9-8-21-14/h1-2,5-7,10H,3-4,8-9H2. The number of benzene rings is 1. The third-order valence-corrected chi connectivity index (χ3v) is 3.26. The van der Waals surface area contributed by atoms with Gasteiger partial charge in [0.2, 0.25) is 0 Å². The van der Waals surface area contributed by atoms with Crippen LogP contribution in [0.25, 0.3) is 0 Å². The number of carbonyl (C=O) groups excluding carboxylic acids is 2. The lowest BCUT2D eigenvalue weighted by Gasteiger charge is -2.18. The highest BCUT2D eigenvalue weighted by molar-refractivity contribution is 6.01. The summed E-state index contributed by atoms with van der Waals surface area (Å²) in [6.45, 7) is 0.973. The van der Waals surface area contributed by atoms with Crippen molar-refractivity contribution in [1.82, 2.24) is 9.97 Å². The van der Waals surface area contributed by atoms with Crippen LogP contribution in [0.5, 0.6) is 11.5 Å². The lowest BCUT2D eigenvalue weighted by molar-refractivity contribution is 0.0911. The van der Waals surface area contributed by atoms with E-state index >= 15 is 0 Å². The minimum Gasteiger partial charge on any atom is -0.486 e. The monoisotopic (exact) mass is 298 g/mol. The smallest absolute Gasteiger partial charge is 0.200 e. The molecule has 1 aliphatic heterocycles. The van der Waals surface area contributed by atoms with Gasteiger partial charge in [-0.15, -0.1) is 0 Å². The molecular formula is C16H14N2O4. The van der Waals surface area contributed by atoms with Crippen molar-refractivity contribution in [3.8, 4) is 11.5 Å². The second kappa shape index (κ2) is 6.34. The number of nitrogens with zero attached hydrogens (tertiary/aromatic N) is 2. The van der Waals surface area contributed by atoms with Gasteiger partial charge in [-0.05, 0) is 24.3 Å². The van der Waals surface area contributed by atoms with Crippen molar-refractivity contribution in [3.05, 3.63) is 48.0 Å². The number of ether oxygens (including phenoxy) is 2. The Hall–Kier alpha value is -2.76.